The second-order valence-corrected chi connectivity index (χ2v) is 2.68. The molecule has 0 aliphatic heterocycles. The third kappa shape index (κ3) is 257. The van der Waals surface area contributed by atoms with Gasteiger partial charge in [0.15, 0.2) is 0 Å². The van der Waals surface area contributed by atoms with E-state index in [4.69, 9.17) is 38.5 Å². The summed E-state index contributed by atoms with van der Waals surface area (Å²) >= 11 is 0. The van der Waals surface area contributed by atoms with Crippen LogP contribution in [0, 0.1) is 0 Å². The van der Waals surface area contributed by atoms with Gasteiger partial charge in [-0.1, -0.05) is 0 Å². The topological polar surface area (TPSA) is 172 Å². The van der Waals surface area contributed by atoms with E-state index in [1.807, 2.05) is 0 Å². The van der Waals surface area contributed by atoms with Crippen molar-refractivity contribution < 1.29 is 127 Å². The number of hydrogen-bond acceptors (Lipinski definition) is 8. The molecule has 0 amide bonds. The van der Waals surface area contributed by atoms with Gasteiger partial charge in [-0.05, 0) is 0 Å². The molecule has 8 nitrogen and oxygen atoms in total. The second kappa shape index (κ2) is 13.3. The zero-order valence-corrected chi connectivity index (χ0v) is 14.9. The first kappa shape index (κ1) is 29.8. The fraction of sp³-hybridized carbons (Fsp3) is 0. The van der Waals surface area contributed by atoms with Gasteiger partial charge >= 0.3 is 88.7 Å². The van der Waals surface area contributed by atoms with Gasteiger partial charge in [0, 0.05) is 0 Å². The molecule has 64 valence electrons. The van der Waals surface area contributed by atoms with Gasteiger partial charge in [-0.25, -0.2) is 0 Å². The molecule has 0 aromatic rings. The summed E-state index contributed by atoms with van der Waals surface area (Å²) < 4.78 is 17.1. The Morgan fingerprint density at radius 2 is 0.538 bits per heavy atom. The van der Waals surface area contributed by atoms with E-state index in [2.05, 4.69) is 0 Å². The molecule has 0 aromatic heterocycles. The maximum atomic E-state index is 8.55. The molecule has 0 bridgehead atoms. The Morgan fingerprint density at radius 3 is 0.538 bits per heavy atom. The Labute approximate surface area is 140 Å². The average Bonchev–Trinajstić information content (AvgIpc) is 1.12. The summed E-state index contributed by atoms with van der Waals surface area (Å²) in [5, 5.41) is 0. The van der Waals surface area contributed by atoms with E-state index in [0.717, 1.165) is 0 Å². The van der Waals surface area contributed by atoms with Crippen LogP contribution in [0.25, 0.3) is 0 Å². The molecular formula is Na3O8P2-3. The largest absolute Gasteiger partial charge is 1.00 e. The molecule has 0 fully saturated rings. The van der Waals surface area contributed by atoms with Crippen molar-refractivity contribution in [2.75, 3.05) is 0 Å². The van der Waals surface area contributed by atoms with Crippen LogP contribution in [-0.4, -0.2) is 0 Å². The summed E-state index contributed by atoms with van der Waals surface area (Å²) in [6.45, 7) is 0. The van der Waals surface area contributed by atoms with Crippen molar-refractivity contribution in [3.63, 3.8) is 0 Å². The first-order valence-corrected chi connectivity index (χ1v) is 4.38. The minimum absolute atomic E-state index is 0. The molecule has 0 N–H and O–H groups in total. The molecule has 0 saturated carbocycles. The van der Waals surface area contributed by atoms with Crippen LogP contribution < -0.4 is 118 Å². The molecule has 0 unspecified atom stereocenters. The van der Waals surface area contributed by atoms with Gasteiger partial charge < -0.3 is 38.5 Å². The van der Waals surface area contributed by atoms with Crippen molar-refractivity contribution in [2.24, 2.45) is 0 Å². The van der Waals surface area contributed by atoms with Gasteiger partial charge in [0.2, 0.25) is 0 Å². The zero-order chi connectivity index (χ0) is 9.00. The molecule has 0 aliphatic rings. The van der Waals surface area contributed by atoms with Crippen molar-refractivity contribution >= 4 is 15.6 Å². The Kier molecular flexibility index (Phi) is 30.5. The van der Waals surface area contributed by atoms with Crippen molar-refractivity contribution in [1.29, 1.82) is 0 Å². The van der Waals surface area contributed by atoms with Gasteiger partial charge in [0.25, 0.3) is 0 Å². The van der Waals surface area contributed by atoms with Gasteiger partial charge in [-0.3, -0.25) is 0 Å². The third-order valence-corrected chi connectivity index (χ3v) is 0. The van der Waals surface area contributed by atoms with E-state index in [1.54, 1.807) is 0 Å². The Bertz CT molecular complexity index is 130. The van der Waals surface area contributed by atoms with E-state index < -0.39 is 15.6 Å². The SMILES string of the molecule is O=P([O-])([O-])[O-].O=P([O-])([O-])[O-].[Na+].[Na+].[Na+]. The first-order valence-electron chi connectivity index (χ1n) is 1.46. The molecular weight excluding hydrogens is 259 g/mol. The van der Waals surface area contributed by atoms with Crippen molar-refractivity contribution in [3.8, 4) is 0 Å². The number of hydrogen-bond donors (Lipinski definition) is 0. The van der Waals surface area contributed by atoms with Crippen LogP contribution >= 0.6 is 15.6 Å². The van der Waals surface area contributed by atoms with Crippen LogP contribution in [0.15, 0.2) is 0 Å². The second-order valence-electron chi connectivity index (χ2n) is 0.894. The number of phosphoric acid groups is 2. The van der Waals surface area contributed by atoms with Crippen LogP contribution in [0.2, 0.25) is 0 Å². The summed E-state index contributed by atoms with van der Waals surface area (Å²) in [5.74, 6) is 0. The minimum atomic E-state index is -5.39. The molecule has 0 aromatic carbocycles. The molecule has 0 rings (SSSR count). The van der Waals surface area contributed by atoms with E-state index >= 15 is 0 Å². The van der Waals surface area contributed by atoms with Crippen LogP contribution in [0.1, 0.15) is 0 Å². The van der Waals surface area contributed by atoms with Crippen LogP contribution in [-0.2, 0) is 9.13 Å². The molecule has 0 saturated heterocycles. The molecule has 13 heteroatoms. The summed E-state index contributed by atoms with van der Waals surface area (Å²) in [6, 6.07) is 0. The predicted octanol–water partition coefficient (Wildman–Crippen LogP) is -14.6. The molecule has 0 aliphatic carbocycles. The standard InChI is InChI=1S/3Na.2H3O4P/c;;;2*1-5(2,3)4/h;;;2*(H3,1,2,3,4)/q3*+1;;/p-6. The Balaban J connectivity index is -0.0000000267. The molecule has 0 heterocycles. The van der Waals surface area contributed by atoms with Crippen LogP contribution in [0.3, 0.4) is 0 Å². The van der Waals surface area contributed by atoms with Gasteiger partial charge in [0.1, 0.15) is 0 Å². The Morgan fingerprint density at radius 1 is 0.538 bits per heavy atom. The third-order valence-electron chi connectivity index (χ3n) is 0. The van der Waals surface area contributed by atoms with Gasteiger partial charge in [-0.2, -0.15) is 15.6 Å². The smallest absolute Gasteiger partial charge is 0.822 e. The summed E-state index contributed by atoms with van der Waals surface area (Å²) in [6.07, 6.45) is 0. The maximum Gasteiger partial charge on any atom is 1.00 e. The predicted molar refractivity (Wildman–Crippen MR) is 15.2 cm³/mol. The summed E-state index contributed by atoms with van der Waals surface area (Å²) in [5.41, 5.74) is 0. The van der Waals surface area contributed by atoms with Crippen molar-refractivity contribution in [1.82, 2.24) is 0 Å². The van der Waals surface area contributed by atoms with Gasteiger partial charge in [0.05, 0.1) is 0 Å². The molecule has 0 atom stereocenters. The molecule has 0 spiro atoms. The van der Waals surface area contributed by atoms with E-state index in [0.29, 0.717) is 0 Å². The maximum absolute atomic E-state index is 8.55. The van der Waals surface area contributed by atoms with Crippen LogP contribution in [0.4, 0.5) is 0 Å². The molecule has 13 heavy (non-hydrogen) atoms. The molecule has 0 radical (unpaired) electrons. The van der Waals surface area contributed by atoms with Crippen molar-refractivity contribution in [3.05, 3.63) is 0 Å². The number of rotatable bonds is 0. The fourth-order valence-electron chi connectivity index (χ4n) is 0. The monoisotopic (exact) mass is 259 g/mol. The summed E-state index contributed by atoms with van der Waals surface area (Å²) in [4.78, 5) is 51.3. The fourth-order valence-corrected chi connectivity index (χ4v) is 0. The normalized spacial score (nSPS) is 9.08. The first-order chi connectivity index (χ1) is 4.00. The van der Waals surface area contributed by atoms with Gasteiger partial charge in [-0.15, -0.1) is 0 Å². The van der Waals surface area contributed by atoms with E-state index in [-0.39, 0.29) is 88.7 Å². The minimum Gasteiger partial charge on any atom is -0.822 e. The quantitative estimate of drug-likeness (QED) is 0.304. The average molecular weight is 259 g/mol. The van der Waals surface area contributed by atoms with E-state index in [9.17, 15) is 0 Å². The zero-order valence-electron chi connectivity index (χ0n) is 7.16. The Hall–Kier alpha value is 3.22. The van der Waals surface area contributed by atoms with E-state index in [1.165, 1.54) is 0 Å². The van der Waals surface area contributed by atoms with Crippen LogP contribution in [0.5, 0.6) is 0 Å². The summed E-state index contributed by atoms with van der Waals surface area (Å²) in [7, 11) is -10.8. The van der Waals surface area contributed by atoms with Crippen molar-refractivity contribution in [2.45, 2.75) is 0 Å².